The lowest BCUT2D eigenvalue weighted by molar-refractivity contribution is -0.151. The average molecular weight is 198 g/mol. The molecule has 1 N–H and O–H groups in total. The van der Waals surface area contributed by atoms with Gasteiger partial charge >= 0.3 is 0 Å². The lowest BCUT2D eigenvalue weighted by Crippen LogP contribution is -2.42. The Morgan fingerprint density at radius 3 is 2.43 bits per heavy atom. The SMILES string of the molecule is CNC1CC(=O)N(C(=O)C(C)C)C1=O. The van der Waals surface area contributed by atoms with Gasteiger partial charge in [0.05, 0.1) is 12.5 Å². The molecule has 5 heteroatoms. The van der Waals surface area contributed by atoms with Crippen LogP contribution in [0.1, 0.15) is 20.3 Å². The zero-order chi connectivity index (χ0) is 10.9. The number of carbonyl (C=O) groups excluding carboxylic acids is 3. The first kappa shape index (κ1) is 10.8. The number of imide groups is 3. The smallest absolute Gasteiger partial charge is 0.253 e. The second-order valence-electron chi connectivity index (χ2n) is 3.61. The van der Waals surface area contributed by atoms with Crippen LogP contribution in [-0.4, -0.2) is 35.7 Å². The lowest BCUT2D eigenvalue weighted by Gasteiger charge is -2.14. The molecule has 1 heterocycles. The molecule has 5 nitrogen and oxygen atoms in total. The number of carbonyl (C=O) groups is 3. The molecular formula is C9H14N2O3. The second-order valence-corrected chi connectivity index (χ2v) is 3.61. The van der Waals surface area contributed by atoms with Crippen molar-refractivity contribution >= 4 is 17.7 Å². The molecule has 1 saturated heterocycles. The highest BCUT2D eigenvalue weighted by molar-refractivity contribution is 6.17. The quantitative estimate of drug-likeness (QED) is 0.608. The Balaban J connectivity index is 2.85. The van der Waals surface area contributed by atoms with E-state index in [-0.39, 0.29) is 12.3 Å². The number of hydrogen-bond acceptors (Lipinski definition) is 4. The zero-order valence-corrected chi connectivity index (χ0v) is 8.53. The van der Waals surface area contributed by atoms with Gasteiger partial charge in [-0.1, -0.05) is 13.8 Å². The molecule has 1 unspecified atom stereocenters. The fourth-order valence-corrected chi connectivity index (χ4v) is 1.35. The summed E-state index contributed by atoms with van der Waals surface area (Å²) in [5, 5.41) is 2.70. The Labute approximate surface area is 82.4 Å². The van der Waals surface area contributed by atoms with Gasteiger partial charge in [-0.3, -0.25) is 14.4 Å². The summed E-state index contributed by atoms with van der Waals surface area (Å²) in [6, 6.07) is -0.537. The van der Waals surface area contributed by atoms with Gasteiger partial charge in [0.15, 0.2) is 0 Å². The molecule has 0 aliphatic carbocycles. The third-order valence-electron chi connectivity index (χ3n) is 2.21. The van der Waals surface area contributed by atoms with Crippen LogP contribution < -0.4 is 5.32 Å². The molecule has 78 valence electrons. The van der Waals surface area contributed by atoms with E-state index in [1.165, 1.54) is 0 Å². The van der Waals surface area contributed by atoms with Gasteiger partial charge in [0.1, 0.15) is 0 Å². The van der Waals surface area contributed by atoms with Crippen molar-refractivity contribution in [1.82, 2.24) is 10.2 Å². The molecule has 0 aromatic heterocycles. The number of likely N-dealkylation sites (N-methyl/N-ethyl adjacent to an activating group) is 1. The van der Waals surface area contributed by atoms with E-state index in [9.17, 15) is 14.4 Å². The highest BCUT2D eigenvalue weighted by Gasteiger charge is 2.42. The predicted molar refractivity (Wildman–Crippen MR) is 49.2 cm³/mol. The molecule has 0 aromatic rings. The van der Waals surface area contributed by atoms with Gasteiger partial charge in [0.2, 0.25) is 11.8 Å². The molecule has 0 radical (unpaired) electrons. The third kappa shape index (κ3) is 1.68. The number of hydrogen-bond donors (Lipinski definition) is 1. The molecule has 1 fully saturated rings. The summed E-state index contributed by atoms with van der Waals surface area (Å²) in [5.74, 6) is -1.60. The van der Waals surface area contributed by atoms with Gasteiger partial charge < -0.3 is 5.32 Å². The first-order chi connectivity index (χ1) is 6.49. The summed E-state index contributed by atoms with van der Waals surface area (Å²) in [6.07, 6.45) is 0.0772. The first-order valence-corrected chi connectivity index (χ1v) is 4.57. The number of likely N-dealkylation sites (tertiary alicyclic amines) is 1. The van der Waals surface area contributed by atoms with Crippen LogP contribution in [0, 0.1) is 5.92 Å². The van der Waals surface area contributed by atoms with Crippen molar-refractivity contribution in [3.63, 3.8) is 0 Å². The lowest BCUT2D eigenvalue weighted by atomic mass is 10.2. The van der Waals surface area contributed by atoms with E-state index in [1.807, 2.05) is 0 Å². The van der Waals surface area contributed by atoms with Gasteiger partial charge in [-0.05, 0) is 7.05 Å². The standard InChI is InChI=1S/C9H14N2O3/c1-5(2)8(13)11-7(12)4-6(10-3)9(11)14/h5-6,10H,4H2,1-3H3. The molecule has 0 bridgehead atoms. The number of rotatable bonds is 2. The van der Waals surface area contributed by atoms with Crippen molar-refractivity contribution in [3.8, 4) is 0 Å². The van der Waals surface area contributed by atoms with Gasteiger partial charge in [-0.2, -0.15) is 0 Å². The van der Waals surface area contributed by atoms with Crippen molar-refractivity contribution in [2.45, 2.75) is 26.3 Å². The van der Waals surface area contributed by atoms with E-state index in [0.29, 0.717) is 0 Å². The average Bonchev–Trinajstić information content (AvgIpc) is 2.40. The van der Waals surface area contributed by atoms with Crippen LogP contribution in [0.3, 0.4) is 0 Å². The number of amides is 3. The van der Waals surface area contributed by atoms with Crippen LogP contribution in [-0.2, 0) is 14.4 Å². The van der Waals surface area contributed by atoms with Crippen LogP contribution >= 0.6 is 0 Å². The minimum Gasteiger partial charge on any atom is -0.308 e. The molecule has 1 aliphatic rings. The number of nitrogens with one attached hydrogen (secondary N) is 1. The molecular weight excluding hydrogens is 184 g/mol. The van der Waals surface area contributed by atoms with E-state index in [1.54, 1.807) is 20.9 Å². The molecule has 1 atom stereocenters. The summed E-state index contributed by atoms with van der Waals surface area (Å²) < 4.78 is 0. The Morgan fingerprint density at radius 2 is 2.07 bits per heavy atom. The Kier molecular flexibility index (Phi) is 3.00. The van der Waals surface area contributed by atoms with Crippen molar-refractivity contribution < 1.29 is 14.4 Å². The van der Waals surface area contributed by atoms with Crippen molar-refractivity contribution in [1.29, 1.82) is 0 Å². The third-order valence-corrected chi connectivity index (χ3v) is 2.21. The summed E-state index contributed by atoms with van der Waals surface area (Å²) in [5.41, 5.74) is 0. The topological polar surface area (TPSA) is 66.5 Å². The van der Waals surface area contributed by atoms with Crippen molar-refractivity contribution in [2.24, 2.45) is 5.92 Å². The van der Waals surface area contributed by atoms with Gasteiger partial charge in [-0.25, -0.2) is 4.90 Å². The van der Waals surface area contributed by atoms with Crippen LogP contribution in [0.2, 0.25) is 0 Å². The minimum atomic E-state index is -0.537. The van der Waals surface area contributed by atoms with Crippen molar-refractivity contribution in [3.05, 3.63) is 0 Å². The minimum absolute atomic E-state index is 0.0772. The largest absolute Gasteiger partial charge is 0.308 e. The maximum Gasteiger partial charge on any atom is 0.253 e. The fourth-order valence-electron chi connectivity index (χ4n) is 1.35. The summed E-state index contributed by atoms with van der Waals surface area (Å²) in [4.78, 5) is 35.1. The Bertz CT molecular complexity index is 286. The van der Waals surface area contributed by atoms with Crippen LogP contribution in [0.4, 0.5) is 0 Å². The molecule has 0 saturated carbocycles. The van der Waals surface area contributed by atoms with Crippen molar-refractivity contribution in [2.75, 3.05) is 7.05 Å². The van der Waals surface area contributed by atoms with E-state index in [0.717, 1.165) is 4.90 Å². The van der Waals surface area contributed by atoms with Crippen LogP contribution in [0.5, 0.6) is 0 Å². The highest BCUT2D eigenvalue weighted by atomic mass is 16.2. The van der Waals surface area contributed by atoms with Crippen LogP contribution in [0.25, 0.3) is 0 Å². The Hall–Kier alpha value is -1.23. The molecule has 1 aliphatic heterocycles. The molecule has 3 amide bonds. The monoisotopic (exact) mass is 198 g/mol. The summed E-state index contributed by atoms with van der Waals surface area (Å²) in [7, 11) is 1.60. The van der Waals surface area contributed by atoms with E-state index in [2.05, 4.69) is 5.32 Å². The number of nitrogens with zero attached hydrogens (tertiary/aromatic N) is 1. The highest BCUT2D eigenvalue weighted by Crippen LogP contribution is 2.15. The summed E-state index contributed by atoms with van der Waals surface area (Å²) >= 11 is 0. The fraction of sp³-hybridized carbons (Fsp3) is 0.667. The van der Waals surface area contributed by atoms with Gasteiger partial charge in [0, 0.05) is 5.92 Å². The molecule has 14 heavy (non-hydrogen) atoms. The molecule has 0 aromatic carbocycles. The molecule has 1 rings (SSSR count). The maximum absolute atomic E-state index is 11.5. The first-order valence-electron chi connectivity index (χ1n) is 4.57. The second kappa shape index (κ2) is 3.88. The van der Waals surface area contributed by atoms with E-state index < -0.39 is 23.8 Å². The molecule has 0 spiro atoms. The van der Waals surface area contributed by atoms with Gasteiger partial charge in [-0.15, -0.1) is 0 Å². The van der Waals surface area contributed by atoms with E-state index in [4.69, 9.17) is 0 Å². The zero-order valence-electron chi connectivity index (χ0n) is 8.53. The van der Waals surface area contributed by atoms with Crippen LogP contribution in [0.15, 0.2) is 0 Å². The predicted octanol–water partition coefficient (Wildman–Crippen LogP) is -0.484. The normalized spacial score (nSPS) is 22.3. The maximum atomic E-state index is 11.5. The summed E-state index contributed by atoms with van der Waals surface area (Å²) in [6.45, 7) is 3.32. The van der Waals surface area contributed by atoms with E-state index >= 15 is 0 Å². The van der Waals surface area contributed by atoms with Gasteiger partial charge in [0.25, 0.3) is 5.91 Å². The Morgan fingerprint density at radius 1 is 1.50 bits per heavy atom.